The third-order valence-electron chi connectivity index (χ3n) is 3.03. The summed E-state index contributed by atoms with van der Waals surface area (Å²) in [4.78, 5) is 4.10. The first-order chi connectivity index (χ1) is 8.70. The Morgan fingerprint density at radius 2 is 2.17 bits per heavy atom. The summed E-state index contributed by atoms with van der Waals surface area (Å²) in [6.07, 6.45) is 4.42. The fourth-order valence-electron chi connectivity index (χ4n) is 2.02. The summed E-state index contributed by atoms with van der Waals surface area (Å²) in [6.45, 7) is 2.03. The summed E-state index contributed by atoms with van der Waals surface area (Å²) in [5.41, 5.74) is 9.60. The van der Waals surface area contributed by atoms with E-state index < -0.39 is 0 Å². The van der Waals surface area contributed by atoms with Gasteiger partial charge in [0, 0.05) is 18.4 Å². The van der Waals surface area contributed by atoms with Crippen LogP contribution in [0.3, 0.4) is 0 Å². The van der Waals surface area contributed by atoms with Gasteiger partial charge < -0.3 is 10.5 Å². The molecule has 94 valence electrons. The van der Waals surface area contributed by atoms with Gasteiger partial charge in [0.05, 0.1) is 7.11 Å². The number of nitrogens with zero attached hydrogens (tertiary/aromatic N) is 1. The van der Waals surface area contributed by atoms with E-state index in [2.05, 4.69) is 11.1 Å². The molecule has 0 aliphatic carbocycles. The van der Waals surface area contributed by atoms with Gasteiger partial charge in [-0.25, -0.2) is 0 Å². The molecule has 0 fully saturated rings. The average molecular weight is 242 g/mol. The molecule has 2 aromatic rings. The highest BCUT2D eigenvalue weighted by atomic mass is 16.5. The Balaban J connectivity index is 2.14. The number of ether oxygens (including phenoxy) is 1. The lowest BCUT2D eigenvalue weighted by Gasteiger charge is -2.14. The van der Waals surface area contributed by atoms with Crippen LogP contribution < -0.4 is 10.5 Å². The molecule has 2 rings (SSSR count). The van der Waals surface area contributed by atoms with Gasteiger partial charge in [-0.05, 0) is 42.2 Å². The van der Waals surface area contributed by atoms with Crippen molar-refractivity contribution in [1.82, 2.24) is 4.98 Å². The van der Waals surface area contributed by atoms with Crippen LogP contribution in [0, 0.1) is 6.92 Å². The second-order valence-corrected chi connectivity index (χ2v) is 4.40. The zero-order chi connectivity index (χ0) is 13.0. The number of hydrogen-bond acceptors (Lipinski definition) is 3. The molecule has 0 saturated carbocycles. The minimum absolute atomic E-state index is 0.0150. The number of benzene rings is 1. The average Bonchev–Trinajstić information content (AvgIpc) is 2.39. The van der Waals surface area contributed by atoms with E-state index >= 15 is 0 Å². The maximum atomic E-state index is 6.22. The van der Waals surface area contributed by atoms with Crippen LogP contribution in [-0.2, 0) is 6.42 Å². The molecule has 3 heteroatoms. The molecule has 1 aromatic heterocycles. The molecule has 0 aliphatic heterocycles. The van der Waals surface area contributed by atoms with Crippen molar-refractivity contribution in [1.29, 1.82) is 0 Å². The van der Waals surface area contributed by atoms with Crippen LogP contribution in [0.5, 0.6) is 5.75 Å². The molecule has 1 aromatic carbocycles. The molecule has 0 spiro atoms. The smallest absolute Gasteiger partial charge is 0.121 e. The van der Waals surface area contributed by atoms with Crippen molar-refractivity contribution in [3.05, 3.63) is 59.4 Å². The lowest BCUT2D eigenvalue weighted by Crippen LogP contribution is -2.13. The summed E-state index contributed by atoms with van der Waals surface area (Å²) in [6, 6.07) is 10.0. The quantitative estimate of drug-likeness (QED) is 0.896. The van der Waals surface area contributed by atoms with Gasteiger partial charge >= 0.3 is 0 Å². The van der Waals surface area contributed by atoms with E-state index in [0.717, 1.165) is 28.9 Å². The van der Waals surface area contributed by atoms with Crippen molar-refractivity contribution in [2.24, 2.45) is 5.73 Å². The van der Waals surface area contributed by atoms with Crippen molar-refractivity contribution < 1.29 is 4.74 Å². The first-order valence-electron chi connectivity index (χ1n) is 5.99. The number of aryl methyl sites for hydroxylation is 1. The van der Waals surface area contributed by atoms with Crippen molar-refractivity contribution in [2.75, 3.05) is 7.11 Å². The molecule has 0 radical (unpaired) electrons. The third kappa shape index (κ3) is 2.87. The van der Waals surface area contributed by atoms with Crippen LogP contribution in [0.1, 0.15) is 22.7 Å². The number of aromatic nitrogens is 1. The molecule has 2 N–H and O–H groups in total. The van der Waals surface area contributed by atoms with E-state index in [1.165, 1.54) is 0 Å². The molecular weight excluding hydrogens is 224 g/mol. The normalized spacial score (nSPS) is 12.2. The van der Waals surface area contributed by atoms with Crippen LogP contribution in [0.2, 0.25) is 0 Å². The number of nitrogens with two attached hydrogens (primary N) is 1. The Labute approximate surface area is 108 Å². The van der Waals surface area contributed by atoms with Gasteiger partial charge in [0.15, 0.2) is 0 Å². The van der Waals surface area contributed by atoms with Gasteiger partial charge in [-0.15, -0.1) is 0 Å². The second kappa shape index (κ2) is 5.65. The third-order valence-corrected chi connectivity index (χ3v) is 3.03. The monoisotopic (exact) mass is 242 g/mol. The number of pyridine rings is 1. The Hall–Kier alpha value is -1.87. The lowest BCUT2D eigenvalue weighted by molar-refractivity contribution is 0.411. The minimum Gasteiger partial charge on any atom is -0.496 e. The summed E-state index contributed by atoms with van der Waals surface area (Å²) in [5.74, 6) is 0.896. The molecule has 1 heterocycles. The summed E-state index contributed by atoms with van der Waals surface area (Å²) >= 11 is 0. The van der Waals surface area contributed by atoms with Gasteiger partial charge in [-0.3, -0.25) is 4.98 Å². The highest BCUT2D eigenvalue weighted by Gasteiger charge is 2.09. The highest BCUT2D eigenvalue weighted by Crippen LogP contribution is 2.23. The van der Waals surface area contributed by atoms with Crippen LogP contribution in [0.15, 0.2) is 42.7 Å². The molecule has 18 heavy (non-hydrogen) atoms. The van der Waals surface area contributed by atoms with Crippen molar-refractivity contribution in [3.63, 3.8) is 0 Å². The van der Waals surface area contributed by atoms with Gasteiger partial charge in [-0.1, -0.05) is 18.2 Å². The molecule has 0 bridgehead atoms. The first kappa shape index (κ1) is 12.6. The number of methoxy groups -OCH3 is 1. The Morgan fingerprint density at radius 3 is 2.78 bits per heavy atom. The summed E-state index contributed by atoms with van der Waals surface area (Å²) < 4.78 is 5.25. The molecule has 0 aliphatic rings. The van der Waals surface area contributed by atoms with Crippen LogP contribution >= 0.6 is 0 Å². The molecule has 1 unspecified atom stereocenters. The van der Waals surface area contributed by atoms with Crippen molar-refractivity contribution in [3.8, 4) is 5.75 Å². The van der Waals surface area contributed by atoms with Gasteiger partial charge in [0.2, 0.25) is 0 Å². The van der Waals surface area contributed by atoms with E-state index in [-0.39, 0.29) is 6.04 Å². The van der Waals surface area contributed by atoms with Gasteiger partial charge in [0.1, 0.15) is 5.75 Å². The summed E-state index contributed by atoms with van der Waals surface area (Å²) in [5, 5.41) is 0. The Bertz CT molecular complexity index is 511. The van der Waals surface area contributed by atoms with E-state index in [1.807, 2.05) is 37.4 Å². The molecule has 1 atom stereocenters. The fourth-order valence-corrected chi connectivity index (χ4v) is 2.02. The van der Waals surface area contributed by atoms with Crippen molar-refractivity contribution >= 4 is 0 Å². The maximum absolute atomic E-state index is 6.22. The van der Waals surface area contributed by atoms with Crippen LogP contribution in [0.25, 0.3) is 0 Å². The zero-order valence-electron chi connectivity index (χ0n) is 10.8. The lowest BCUT2D eigenvalue weighted by atomic mass is 9.99. The Morgan fingerprint density at radius 1 is 1.33 bits per heavy atom. The first-order valence-corrected chi connectivity index (χ1v) is 5.99. The van der Waals surface area contributed by atoms with E-state index in [1.54, 1.807) is 13.3 Å². The predicted octanol–water partition coefficient (Wildman–Crippen LogP) is 2.64. The maximum Gasteiger partial charge on any atom is 0.121 e. The Kier molecular flexibility index (Phi) is 3.95. The van der Waals surface area contributed by atoms with Gasteiger partial charge in [-0.2, -0.15) is 0 Å². The highest BCUT2D eigenvalue weighted by molar-refractivity contribution is 5.37. The SMILES string of the molecule is COc1ccc(C(N)Cc2cccnc2)cc1C. The second-order valence-electron chi connectivity index (χ2n) is 4.40. The van der Waals surface area contributed by atoms with E-state index in [9.17, 15) is 0 Å². The van der Waals surface area contributed by atoms with Crippen LogP contribution in [0.4, 0.5) is 0 Å². The molecule has 0 amide bonds. The van der Waals surface area contributed by atoms with Crippen LogP contribution in [-0.4, -0.2) is 12.1 Å². The van der Waals surface area contributed by atoms with Crippen molar-refractivity contribution in [2.45, 2.75) is 19.4 Å². The van der Waals surface area contributed by atoms with Gasteiger partial charge in [0.25, 0.3) is 0 Å². The number of hydrogen-bond donors (Lipinski definition) is 1. The van der Waals surface area contributed by atoms with E-state index in [4.69, 9.17) is 10.5 Å². The fraction of sp³-hybridized carbons (Fsp3) is 0.267. The standard InChI is InChI=1S/C15H18N2O/c1-11-8-13(5-6-15(11)18-2)14(16)9-12-4-3-7-17-10-12/h3-8,10,14H,9,16H2,1-2H3. The molecule has 0 saturated heterocycles. The summed E-state index contributed by atoms with van der Waals surface area (Å²) in [7, 11) is 1.68. The number of rotatable bonds is 4. The zero-order valence-corrected chi connectivity index (χ0v) is 10.8. The minimum atomic E-state index is -0.0150. The predicted molar refractivity (Wildman–Crippen MR) is 72.6 cm³/mol. The molecular formula is C15H18N2O. The molecule has 3 nitrogen and oxygen atoms in total. The topological polar surface area (TPSA) is 48.1 Å². The largest absolute Gasteiger partial charge is 0.496 e. The van der Waals surface area contributed by atoms with E-state index in [0.29, 0.717) is 0 Å².